The number of carbonyl (C=O) groups excluding carboxylic acids is 1. The van der Waals surface area contributed by atoms with Gasteiger partial charge >= 0.3 is 0 Å². The predicted molar refractivity (Wildman–Crippen MR) is 102 cm³/mol. The van der Waals surface area contributed by atoms with Crippen molar-refractivity contribution in [2.24, 2.45) is 0 Å². The number of nitrogens with one attached hydrogen (secondary N) is 1. The number of rotatable bonds is 6. The van der Waals surface area contributed by atoms with E-state index in [1.54, 1.807) is 17.8 Å². The van der Waals surface area contributed by atoms with Gasteiger partial charge in [0.25, 0.3) is 5.91 Å². The molecule has 2 aromatic carbocycles. The summed E-state index contributed by atoms with van der Waals surface area (Å²) < 4.78 is 14.0. The number of benzene rings is 2. The first kappa shape index (κ1) is 17.3. The molecule has 24 heavy (non-hydrogen) atoms. The van der Waals surface area contributed by atoms with Crippen molar-refractivity contribution in [2.75, 3.05) is 12.3 Å². The maximum atomic E-state index is 13.3. The summed E-state index contributed by atoms with van der Waals surface area (Å²) in [5.41, 5.74) is 1.27. The summed E-state index contributed by atoms with van der Waals surface area (Å²) in [7, 11) is 0. The van der Waals surface area contributed by atoms with Gasteiger partial charge in [0.05, 0.1) is 5.02 Å². The minimum atomic E-state index is -0.329. The van der Waals surface area contributed by atoms with Gasteiger partial charge in [0, 0.05) is 28.1 Å². The molecular weight excluding hydrogens is 365 g/mol. The van der Waals surface area contributed by atoms with Crippen LogP contribution in [0.5, 0.6) is 0 Å². The fourth-order valence-electron chi connectivity index (χ4n) is 2.27. The largest absolute Gasteiger partial charge is 0.350 e. The molecule has 0 saturated carbocycles. The Morgan fingerprint density at radius 3 is 2.79 bits per heavy atom. The van der Waals surface area contributed by atoms with Crippen molar-refractivity contribution >= 4 is 50.7 Å². The zero-order chi connectivity index (χ0) is 16.9. The fourth-order valence-corrected chi connectivity index (χ4v) is 4.54. The molecule has 0 aliphatic carbocycles. The molecule has 124 valence electrons. The van der Waals surface area contributed by atoms with Crippen molar-refractivity contribution in [3.05, 3.63) is 69.8 Å². The second-order valence-electron chi connectivity index (χ2n) is 5.18. The summed E-state index contributed by atoms with van der Waals surface area (Å²) in [5, 5.41) is 3.98. The lowest BCUT2D eigenvalue weighted by Gasteiger charge is -2.04. The smallest absolute Gasteiger partial charge is 0.262 e. The van der Waals surface area contributed by atoms with Crippen molar-refractivity contribution in [1.82, 2.24) is 5.32 Å². The topological polar surface area (TPSA) is 29.1 Å². The first-order chi connectivity index (χ1) is 11.6. The average Bonchev–Trinajstić information content (AvgIpc) is 2.91. The van der Waals surface area contributed by atoms with Crippen LogP contribution < -0.4 is 5.32 Å². The minimum absolute atomic E-state index is 0.207. The van der Waals surface area contributed by atoms with Crippen LogP contribution in [0.4, 0.5) is 4.39 Å². The highest BCUT2D eigenvalue weighted by atomic mass is 35.5. The van der Waals surface area contributed by atoms with Gasteiger partial charge in [-0.05, 0) is 23.8 Å². The fraction of sp³-hybridized carbons (Fsp3) is 0.167. The minimum Gasteiger partial charge on any atom is -0.350 e. The van der Waals surface area contributed by atoms with E-state index < -0.39 is 0 Å². The maximum absolute atomic E-state index is 13.3. The van der Waals surface area contributed by atoms with Crippen molar-refractivity contribution in [2.45, 2.75) is 5.75 Å². The Kier molecular flexibility index (Phi) is 5.76. The van der Waals surface area contributed by atoms with Gasteiger partial charge in [0.2, 0.25) is 0 Å². The van der Waals surface area contributed by atoms with Crippen LogP contribution in [0.15, 0.2) is 48.5 Å². The molecule has 0 atom stereocenters. The Bertz CT molecular complexity index is 851. The number of halogens is 2. The van der Waals surface area contributed by atoms with E-state index in [1.165, 1.54) is 29.0 Å². The van der Waals surface area contributed by atoms with Gasteiger partial charge in [-0.25, -0.2) is 4.39 Å². The van der Waals surface area contributed by atoms with E-state index in [-0.39, 0.29) is 11.7 Å². The lowest BCUT2D eigenvalue weighted by atomic mass is 10.2. The van der Waals surface area contributed by atoms with Crippen LogP contribution in [-0.4, -0.2) is 18.2 Å². The van der Waals surface area contributed by atoms with Crippen molar-refractivity contribution in [3.63, 3.8) is 0 Å². The first-order valence-electron chi connectivity index (χ1n) is 7.42. The van der Waals surface area contributed by atoms with Gasteiger partial charge in [0.15, 0.2) is 0 Å². The lowest BCUT2D eigenvalue weighted by molar-refractivity contribution is 0.0960. The van der Waals surface area contributed by atoms with E-state index in [2.05, 4.69) is 17.4 Å². The van der Waals surface area contributed by atoms with Gasteiger partial charge in [-0.2, -0.15) is 11.8 Å². The molecule has 1 N–H and O–H groups in total. The summed E-state index contributed by atoms with van der Waals surface area (Å²) in [5.74, 6) is 1.20. The van der Waals surface area contributed by atoms with E-state index in [4.69, 9.17) is 11.6 Å². The lowest BCUT2D eigenvalue weighted by Crippen LogP contribution is -2.25. The molecular formula is C18H15ClFNOS2. The van der Waals surface area contributed by atoms with Crippen molar-refractivity contribution in [3.8, 4) is 0 Å². The zero-order valence-corrected chi connectivity index (χ0v) is 15.1. The quantitative estimate of drug-likeness (QED) is 0.584. The first-order valence-corrected chi connectivity index (χ1v) is 9.77. The Morgan fingerprint density at radius 1 is 1.21 bits per heavy atom. The van der Waals surface area contributed by atoms with Crippen LogP contribution in [0.2, 0.25) is 5.02 Å². The van der Waals surface area contributed by atoms with E-state index >= 15 is 0 Å². The molecule has 2 nitrogen and oxygen atoms in total. The Balaban J connectivity index is 1.53. The molecule has 1 aromatic heterocycles. The molecule has 3 rings (SSSR count). The van der Waals surface area contributed by atoms with Gasteiger partial charge in [0.1, 0.15) is 10.7 Å². The van der Waals surface area contributed by atoms with E-state index in [1.807, 2.05) is 18.2 Å². The molecule has 0 radical (unpaired) electrons. The monoisotopic (exact) mass is 379 g/mol. The molecule has 0 unspecified atom stereocenters. The van der Waals surface area contributed by atoms with E-state index in [0.29, 0.717) is 26.5 Å². The molecule has 3 aromatic rings. The highest BCUT2D eigenvalue weighted by molar-refractivity contribution is 7.98. The van der Waals surface area contributed by atoms with Crippen LogP contribution in [-0.2, 0) is 5.75 Å². The third-order valence-corrected chi connectivity index (χ3v) is 6.13. The second kappa shape index (κ2) is 8.01. The summed E-state index contributed by atoms with van der Waals surface area (Å²) in [4.78, 5) is 12.7. The third kappa shape index (κ3) is 4.09. The van der Waals surface area contributed by atoms with Crippen molar-refractivity contribution < 1.29 is 9.18 Å². The maximum Gasteiger partial charge on any atom is 0.262 e. The molecule has 0 saturated heterocycles. The molecule has 1 amide bonds. The van der Waals surface area contributed by atoms with Crippen LogP contribution in [0.3, 0.4) is 0 Å². The van der Waals surface area contributed by atoms with Crippen LogP contribution in [0.25, 0.3) is 10.1 Å². The zero-order valence-electron chi connectivity index (χ0n) is 12.7. The molecule has 0 fully saturated rings. The molecule has 6 heteroatoms. The molecule has 0 bridgehead atoms. The second-order valence-corrected chi connectivity index (χ2v) is 7.72. The van der Waals surface area contributed by atoms with E-state index in [9.17, 15) is 9.18 Å². The normalized spacial score (nSPS) is 10.9. The average molecular weight is 380 g/mol. The third-order valence-electron chi connectivity index (χ3n) is 3.44. The van der Waals surface area contributed by atoms with Crippen LogP contribution in [0, 0.1) is 5.82 Å². The Morgan fingerprint density at radius 2 is 2.00 bits per heavy atom. The summed E-state index contributed by atoms with van der Waals surface area (Å²) in [6.07, 6.45) is 0. The highest BCUT2D eigenvalue weighted by Crippen LogP contribution is 2.35. The van der Waals surface area contributed by atoms with Crippen LogP contribution in [0.1, 0.15) is 15.2 Å². The number of fused-ring (bicyclic) bond motifs is 1. The predicted octanol–water partition coefficient (Wildman–Crippen LogP) is 5.36. The van der Waals surface area contributed by atoms with Gasteiger partial charge in [-0.1, -0.05) is 41.9 Å². The Labute approximate surface area is 153 Å². The SMILES string of the molecule is O=C(NCCSCc1ccccc1)c1sc2cc(F)ccc2c1Cl. The number of hydrogen-bond donors (Lipinski definition) is 1. The Hall–Kier alpha value is -1.56. The highest BCUT2D eigenvalue weighted by Gasteiger charge is 2.17. The molecule has 0 spiro atoms. The molecule has 0 aliphatic heterocycles. The number of amides is 1. The summed E-state index contributed by atoms with van der Waals surface area (Å²) in [6.45, 7) is 0.565. The van der Waals surface area contributed by atoms with Crippen LogP contribution >= 0.6 is 34.7 Å². The standard InChI is InChI=1S/C18H15ClFNOS2/c19-16-14-7-6-13(20)10-15(14)24-17(16)18(22)21-8-9-23-11-12-4-2-1-3-5-12/h1-7,10H,8-9,11H2,(H,21,22). The summed E-state index contributed by atoms with van der Waals surface area (Å²) >= 11 is 9.22. The van der Waals surface area contributed by atoms with Gasteiger partial charge in [-0.3, -0.25) is 4.79 Å². The van der Waals surface area contributed by atoms with Gasteiger partial charge < -0.3 is 5.32 Å². The van der Waals surface area contributed by atoms with Gasteiger partial charge in [-0.15, -0.1) is 11.3 Å². The number of hydrogen-bond acceptors (Lipinski definition) is 3. The number of thiophene rings is 1. The number of thioether (sulfide) groups is 1. The number of carbonyl (C=O) groups is 1. The molecule has 1 heterocycles. The van der Waals surface area contributed by atoms with E-state index in [0.717, 1.165) is 11.5 Å². The molecule has 0 aliphatic rings. The summed E-state index contributed by atoms with van der Waals surface area (Å²) in [6, 6.07) is 14.6. The van der Waals surface area contributed by atoms with Crippen molar-refractivity contribution in [1.29, 1.82) is 0 Å².